The first-order valence-electron chi connectivity index (χ1n) is 3.76. The molecule has 80 valence electrons. The first kappa shape index (κ1) is 10.9. The van der Waals surface area contributed by atoms with E-state index < -0.39 is 5.92 Å². The van der Waals surface area contributed by atoms with Crippen LogP contribution < -0.4 is 0 Å². The molecule has 0 bridgehead atoms. The molecule has 15 heavy (non-hydrogen) atoms. The number of halogens is 4. The van der Waals surface area contributed by atoms with Crippen molar-refractivity contribution in [2.75, 3.05) is 0 Å². The molecular formula is C7H3Cl2F2N3S. The number of thiazole rings is 1. The van der Waals surface area contributed by atoms with Crippen LogP contribution in [-0.2, 0) is 5.92 Å². The maximum Gasteiger partial charge on any atom is 0.296 e. The molecule has 0 amide bonds. The maximum absolute atomic E-state index is 12.9. The Hall–Kier alpha value is -0.590. The lowest BCUT2D eigenvalue weighted by Gasteiger charge is -2.03. The predicted molar refractivity (Wildman–Crippen MR) is 54.8 cm³/mol. The van der Waals surface area contributed by atoms with Gasteiger partial charge in [0.15, 0.2) is 10.2 Å². The molecule has 0 radical (unpaired) electrons. The number of nitrogens with zero attached hydrogens (tertiary/aromatic N) is 3. The van der Waals surface area contributed by atoms with E-state index in [1.165, 1.54) is 0 Å². The van der Waals surface area contributed by atoms with E-state index in [4.69, 9.17) is 23.2 Å². The zero-order chi connectivity index (χ0) is 11.2. The van der Waals surface area contributed by atoms with Crippen molar-refractivity contribution >= 4 is 44.9 Å². The van der Waals surface area contributed by atoms with E-state index >= 15 is 0 Å². The predicted octanol–water partition coefficient (Wildman–Crippen LogP) is 3.50. The van der Waals surface area contributed by atoms with Crippen LogP contribution >= 0.6 is 34.5 Å². The summed E-state index contributed by atoms with van der Waals surface area (Å²) in [6.07, 6.45) is 0. The van der Waals surface area contributed by atoms with Crippen molar-refractivity contribution in [2.45, 2.75) is 12.8 Å². The Balaban J connectivity index is 2.71. The zero-order valence-corrected chi connectivity index (χ0v) is 9.59. The van der Waals surface area contributed by atoms with Crippen molar-refractivity contribution in [3.63, 3.8) is 0 Å². The molecule has 0 spiro atoms. The minimum atomic E-state index is -3.01. The van der Waals surface area contributed by atoms with Crippen LogP contribution in [0, 0.1) is 0 Å². The highest BCUT2D eigenvalue weighted by Crippen LogP contribution is 2.35. The van der Waals surface area contributed by atoms with Crippen LogP contribution in [0.3, 0.4) is 0 Å². The molecule has 0 aliphatic heterocycles. The number of rotatable bonds is 1. The highest BCUT2D eigenvalue weighted by molar-refractivity contribution is 7.18. The van der Waals surface area contributed by atoms with Gasteiger partial charge < -0.3 is 0 Å². The quantitative estimate of drug-likeness (QED) is 0.588. The van der Waals surface area contributed by atoms with Crippen LogP contribution in [0.2, 0.25) is 10.4 Å². The standard InChI is InChI=1S/C7H3Cl2F2N3S/c1-7(10,11)5-12-2-3(8)13-6(9)14-4(2)15-5/h1H3. The number of aromatic nitrogens is 3. The molecule has 2 rings (SSSR count). The SMILES string of the molecule is CC(F)(F)c1nc2c(Cl)nc(Cl)nc2s1. The van der Waals surface area contributed by atoms with Crippen molar-refractivity contribution in [3.8, 4) is 0 Å². The molecule has 3 nitrogen and oxygen atoms in total. The van der Waals surface area contributed by atoms with E-state index in [0.29, 0.717) is 0 Å². The normalized spacial score (nSPS) is 12.3. The Bertz CT molecular complexity index is 523. The van der Waals surface area contributed by atoms with Gasteiger partial charge in [-0.05, 0) is 11.6 Å². The second-order valence-electron chi connectivity index (χ2n) is 2.84. The average Bonchev–Trinajstić information content (AvgIpc) is 2.46. The van der Waals surface area contributed by atoms with Gasteiger partial charge in [0.2, 0.25) is 5.28 Å². The molecule has 2 aromatic rings. The molecule has 2 aromatic heterocycles. The van der Waals surface area contributed by atoms with Gasteiger partial charge in [-0.25, -0.2) is 15.0 Å². The van der Waals surface area contributed by atoms with Crippen LogP contribution in [-0.4, -0.2) is 15.0 Å². The van der Waals surface area contributed by atoms with Gasteiger partial charge in [0.05, 0.1) is 0 Å². The van der Waals surface area contributed by atoms with Gasteiger partial charge in [-0.2, -0.15) is 8.78 Å². The molecule has 0 N–H and O–H groups in total. The Kier molecular flexibility index (Phi) is 2.52. The van der Waals surface area contributed by atoms with E-state index in [2.05, 4.69) is 15.0 Å². The van der Waals surface area contributed by atoms with E-state index in [0.717, 1.165) is 18.3 Å². The molecular weight excluding hydrogens is 267 g/mol. The van der Waals surface area contributed by atoms with Gasteiger partial charge in [0, 0.05) is 6.92 Å². The molecule has 2 heterocycles. The van der Waals surface area contributed by atoms with Crippen LogP contribution in [0.5, 0.6) is 0 Å². The minimum absolute atomic E-state index is 0.0169. The minimum Gasteiger partial charge on any atom is -0.230 e. The Morgan fingerprint density at radius 1 is 1.20 bits per heavy atom. The lowest BCUT2D eigenvalue weighted by molar-refractivity contribution is 0.0174. The number of hydrogen-bond donors (Lipinski definition) is 0. The summed E-state index contributed by atoms with van der Waals surface area (Å²) in [6, 6.07) is 0. The molecule has 0 saturated heterocycles. The summed E-state index contributed by atoms with van der Waals surface area (Å²) in [5.41, 5.74) is 0.155. The fourth-order valence-corrected chi connectivity index (χ4v) is 2.35. The van der Waals surface area contributed by atoms with Crippen LogP contribution in [0.1, 0.15) is 11.9 Å². The van der Waals surface area contributed by atoms with Gasteiger partial charge in [-0.3, -0.25) is 0 Å². The third kappa shape index (κ3) is 2.02. The van der Waals surface area contributed by atoms with Gasteiger partial charge >= 0.3 is 0 Å². The van der Waals surface area contributed by atoms with Gasteiger partial charge in [0.1, 0.15) is 10.3 Å². The lowest BCUT2D eigenvalue weighted by atomic mass is 10.4. The lowest BCUT2D eigenvalue weighted by Crippen LogP contribution is -2.05. The molecule has 0 aliphatic rings. The molecule has 0 atom stereocenters. The van der Waals surface area contributed by atoms with Crippen molar-refractivity contribution < 1.29 is 8.78 Å². The van der Waals surface area contributed by atoms with E-state index in [-0.39, 0.29) is 25.8 Å². The molecule has 0 aromatic carbocycles. The number of fused-ring (bicyclic) bond motifs is 1. The van der Waals surface area contributed by atoms with Crippen molar-refractivity contribution in [1.82, 2.24) is 15.0 Å². The Morgan fingerprint density at radius 3 is 2.47 bits per heavy atom. The molecule has 0 unspecified atom stereocenters. The highest BCUT2D eigenvalue weighted by atomic mass is 35.5. The molecule has 0 fully saturated rings. The molecule has 0 saturated carbocycles. The third-order valence-electron chi connectivity index (χ3n) is 1.56. The van der Waals surface area contributed by atoms with E-state index in [9.17, 15) is 8.78 Å². The van der Waals surface area contributed by atoms with Crippen molar-refractivity contribution in [3.05, 3.63) is 15.4 Å². The second kappa shape index (κ2) is 3.47. The summed E-state index contributed by atoms with van der Waals surface area (Å²) in [4.78, 5) is 11.3. The third-order valence-corrected chi connectivity index (χ3v) is 3.12. The van der Waals surface area contributed by atoms with Gasteiger partial charge in [0.25, 0.3) is 5.92 Å². The summed E-state index contributed by atoms with van der Waals surface area (Å²) in [7, 11) is 0. The fraction of sp³-hybridized carbons (Fsp3) is 0.286. The van der Waals surface area contributed by atoms with Crippen LogP contribution in [0.25, 0.3) is 10.3 Å². The highest BCUT2D eigenvalue weighted by Gasteiger charge is 2.29. The zero-order valence-electron chi connectivity index (χ0n) is 7.26. The summed E-state index contributed by atoms with van der Waals surface area (Å²) in [5, 5.41) is -0.449. The maximum atomic E-state index is 12.9. The van der Waals surface area contributed by atoms with Crippen LogP contribution in [0.4, 0.5) is 8.78 Å². The number of alkyl halides is 2. The average molecular weight is 270 g/mol. The summed E-state index contributed by atoms with van der Waals surface area (Å²) >= 11 is 12.0. The summed E-state index contributed by atoms with van der Waals surface area (Å²) in [6.45, 7) is 0.758. The summed E-state index contributed by atoms with van der Waals surface area (Å²) < 4.78 is 25.9. The smallest absolute Gasteiger partial charge is 0.230 e. The van der Waals surface area contributed by atoms with Gasteiger partial charge in [-0.1, -0.05) is 22.9 Å². The van der Waals surface area contributed by atoms with Crippen molar-refractivity contribution in [1.29, 1.82) is 0 Å². The number of hydrogen-bond acceptors (Lipinski definition) is 4. The fourth-order valence-electron chi connectivity index (χ4n) is 0.953. The van der Waals surface area contributed by atoms with Gasteiger partial charge in [-0.15, -0.1) is 0 Å². The van der Waals surface area contributed by atoms with Crippen LogP contribution in [0.15, 0.2) is 0 Å². The summed E-state index contributed by atoms with van der Waals surface area (Å²) in [5.74, 6) is -3.01. The molecule has 0 aliphatic carbocycles. The van der Waals surface area contributed by atoms with Crippen molar-refractivity contribution in [2.24, 2.45) is 0 Å². The first-order valence-corrected chi connectivity index (χ1v) is 5.33. The monoisotopic (exact) mass is 269 g/mol. The van der Waals surface area contributed by atoms with E-state index in [1.807, 2.05) is 0 Å². The second-order valence-corrected chi connectivity index (χ2v) is 4.52. The Morgan fingerprint density at radius 2 is 1.87 bits per heavy atom. The molecule has 8 heteroatoms. The first-order chi connectivity index (χ1) is 6.88. The largest absolute Gasteiger partial charge is 0.296 e. The topological polar surface area (TPSA) is 38.7 Å². The Labute approximate surface area is 97.1 Å². The van der Waals surface area contributed by atoms with E-state index in [1.54, 1.807) is 0 Å².